The van der Waals surface area contributed by atoms with Crippen molar-refractivity contribution in [1.82, 2.24) is 0 Å². The van der Waals surface area contributed by atoms with Gasteiger partial charge in [-0.25, -0.2) is 0 Å². The second-order valence-corrected chi connectivity index (χ2v) is 7.58. The molecule has 1 fully saturated rings. The molecule has 0 heterocycles. The van der Waals surface area contributed by atoms with Crippen LogP contribution in [0.1, 0.15) is 90.4 Å². The molecule has 146 valence electrons. The maximum Gasteiger partial charge on any atom is 0.303 e. The number of rotatable bonds is 14. The first-order chi connectivity index (χ1) is 12.0. The molecule has 0 bridgehead atoms. The quantitative estimate of drug-likeness (QED) is 0.413. The lowest BCUT2D eigenvalue weighted by molar-refractivity contribution is -0.137. The van der Waals surface area contributed by atoms with Crippen molar-refractivity contribution in [3.05, 3.63) is 0 Å². The van der Waals surface area contributed by atoms with E-state index in [1.165, 1.54) is 0 Å². The first-order valence-corrected chi connectivity index (χ1v) is 10.1. The fourth-order valence-electron chi connectivity index (χ4n) is 3.94. The normalized spacial score (nSPS) is 24.6. The number of carboxylic acids is 1. The van der Waals surface area contributed by atoms with E-state index < -0.39 is 12.1 Å². The Hall–Kier alpha value is -0.940. The molecule has 0 aromatic heterocycles. The molecule has 1 aliphatic carbocycles. The van der Waals surface area contributed by atoms with Gasteiger partial charge in [-0.3, -0.25) is 9.59 Å². The molecule has 1 aliphatic rings. The zero-order chi connectivity index (χ0) is 18.7. The average molecular weight is 357 g/mol. The second kappa shape index (κ2) is 12.4. The molecule has 0 aromatic carbocycles. The standard InChI is InChI=1S/C20H36O5/c1-2-3-6-9-15(21)12-13-17-16(18(22)14-19(17)23)10-7-4-5-8-11-20(24)25/h15-17,19,21,23H,2-14H2,1H3,(H,24,25)/t15-,16?,17?,19-/m1/s1. The molecule has 5 heteroatoms. The van der Waals surface area contributed by atoms with Crippen LogP contribution in [0.3, 0.4) is 0 Å². The summed E-state index contributed by atoms with van der Waals surface area (Å²) in [6, 6.07) is 0. The lowest BCUT2D eigenvalue weighted by Gasteiger charge is -2.22. The Morgan fingerprint density at radius 2 is 1.80 bits per heavy atom. The summed E-state index contributed by atoms with van der Waals surface area (Å²) < 4.78 is 0. The number of hydrogen-bond donors (Lipinski definition) is 3. The van der Waals surface area contributed by atoms with Crippen LogP contribution in [0, 0.1) is 11.8 Å². The monoisotopic (exact) mass is 356 g/mol. The molecule has 0 radical (unpaired) electrons. The van der Waals surface area contributed by atoms with E-state index in [4.69, 9.17) is 5.11 Å². The molecule has 1 rings (SSSR count). The fraction of sp³-hybridized carbons (Fsp3) is 0.900. The van der Waals surface area contributed by atoms with Crippen LogP contribution in [0.4, 0.5) is 0 Å². The number of aliphatic carboxylic acids is 1. The summed E-state index contributed by atoms with van der Waals surface area (Å²) in [6.45, 7) is 2.14. The number of carbonyl (C=O) groups excluding carboxylic acids is 1. The first kappa shape index (κ1) is 22.1. The topological polar surface area (TPSA) is 94.8 Å². The maximum atomic E-state index is 12.2. The number of aliphatic hydroxyl groups excluding tert-OH is 2. The van der Waals surface area contributed by atoms with Gasteiger partial charge in [0.25, 0.3) is 0 Å². The van der Waals surface area contributed by atoms with Crippen molar-refractivity contribution in [3.63, 3.8) is 0 Å². The Morgan fingerprint density at radius 1 is 1.08 bits per heavy atom. The highest BCUT2D eigenvalue weighted by molar-refractivity contribution is 5.84. The predicted octanol–water partition coefficient (Wildman–Crippen LogP) is 3.70. The van der Waals surface area contributed by atoms with Gasteiger partial charge in [0, 0.05) is 18.8 Å². The number of carbonyl (C=O) groups is 2. The molecule has 0 aliphatic heterocycles. The third-order valence-electron chi connectivity index (χ3n) is 5.46. The molecule has 5 nitrogen and oxygen atoms in total. The van der Waals surface area contributed by atoms with Crippen LogP contribution in [-0.2, 0) is 9.59 Å². The van der Waals surface area contributed by atoms with Crippen LogP contribution < -0.4 is 0 Å². The number of unbranched alkanes of at least 4 members (excludes halogenated alkanes) is 5. The molecule has 1 saturated carbocycles. The van der Waals surface area contributed by atoms with Crippen molar-refractivity contribution >= 4 is 11.8 Å². The Bertz CT molecular complexity index is 396. The summed E-state index contributed by atoms with van der Waals surface area (Å²) in [5, 5.41) is 28.9. The Balaban J connectivity index is 2.30. The summed E-state index contributed by atoms with van der Waals surface area (Å²) in [6.07, 6.45) is 9.21. The summed E-state index contributed by atoms with van der Waals surface area (Å²) in [7, 11) is 0. The van der Waals surface area contributed by atoms with Crippen LogP contribution in [0.25, 0.3) is 0 Å². The molecule has 0 aromatic rings. The maximum absolute atomic E-state index is 12.2. The predicted molar refractivity (Wildman–Crippen MR) is 97.3 cm³/mol. The van der Waals surface area contributed by atoms with Gasteiger partial charge in [0.05, 0.1) is 12.2 Å². The van der Waals surface area contributed by atoms with E-state index in [1.807, 2.05) is 0 Å². The van der Waals surface area contributed by atoms with Crippen LogP contribution in [0.5, 0.6) is 0 Å². The van der Waals surface area contributed by atoms with Gasteiger partial charge in [0.15, 0.2) is 0 Å². The van der Waals surface area contributed by atoms with Crippen molar-refractivity contribution in [3.8, 4) is 0 Å². The number of aliphatic hydroxyl groups is 2. The second-order valence-electron chi connectivity index (χ2n) is 7.58. The van der Waals surface area contributed by atoms with Gasteiger partial charge >= 0.3 is 5.97 Å². The Kier molecular flexibility index (Phi) is 11.0. The third kappa shape index (κ3) is 8.82. The number of Topliss-reactive ketones (excluding diaryl/α,β-unsaturated/α-hetero) is 1. The lowest BCUT2D eigenvalue weighted by atomic mass is 9.85. The van der Waals surface area contributed by atoms with Crippen LogP contribution in [0.15, 0.2) is 0 Å². The Morgan fingerprint density at radius 3 is 2.48 bits per heavy atom. The van der Waals surface area contributed by atoms with Crippen molar-refractivity contribution in [2.24, 2.45) is 11.8 Å². The van der Waals surface area contributed by atoms with Gasteiger partial charge in [-0.1, -0.05) is 45.4 Å². The largest absolute Gasteiger partial charge is 0.481 e. The van der Waals surface area contributed by atoms with Crippen LogP contribution >= 0.6 is 0 Å². The lowest BCUT2D eigenvalue weighted by Crippen LogP contribution is -2.22. The zero-order valence-corrected chi connectivity index (χ0v) is 15.7. The molecule has 2 unspecified atom stereocenters. The van der Waals surface area contributed by atoms with E-state index in [2.05, 4.69) is 6.92 Å². The number of hydrogen-bond acceptors (Lipinski definition) is 4. The van der Waals surface area contributed by atoms with Gasteiger partial charge in [0.2, 0.25) is 0 Å². The summed E-state index contributed by atoms with van der Waals surface area (Å²) in [5.41, 5.74) is 0. The van der Waals surface area contributed by atoms with Crippen molar-refractivity contribution < 1.29 is 24.9 Å². The van der Waals surface area contributed by atoms with Gasteiger partial charge in [-0.2, -0.15) is 0 Å². The van der Waals surface area contributed by atoms with E-state index in [9.17, 15) is 19.8 Å². The van der Waals surface area contributed by atoms with E-state index >= 15 is 0 Å². The van der Waals surface area contributed by atoms with Gasteiger partial charge in [-0.05, 0) is 38.0 Å². The molecular weight excluding hydrogens is 320 g/mol. The molecule has 0 saturated heterocycles. The molecule has 25 heavy (non-hydrogen) atoms. The minimum Gasteiger partial charge on any atom is -0.481 e. The minimum absolute atomic E-state index is 0.0210. The highest BCUT2D eigenvalue weighted by Gasteiger charge is 2.40. The molecular formula is C20H36O5. The Labute approximate surface area is 151 Å². The van der Waals surface area contributed by atoms with E-state index in [-0.39, 0.29) is 36.6 Å². The fourth-order valence-corrected chi connectivity index (χ4v) is 3.94. The third-order valence-corrected chi connectivity index (χ3v) is 5.46. The smallest absolute Gasteiger partial charge is 0.303 e. The van der Waals surface area contributed by atoms with Crippen LogP contribution in [-0.4, -0.2) is 39.3 Å². The highest BCUT2D eigenvalue weighted by Crippen LogP contribution is 2.36. The molecule has 4 atom stereocenters. The zero-order valence-electron chi connectivity index (χ0n) is 15.7. The minimum atomic E-state index is -0.758. The van der Waals surface area contributed by atoms with Crippen LogP contribution in [0.2, 0.25) is 0 Å². The van der Waals surface area contributed by atoms with Gasteiger partial charge in [0.1, 0.15) is 5.78 Å². The summed E-state index contributed by atoms with van der Waals surface area (Å²) in [4.78, 5) is 22.6. The van der Waals surface area contributed by atoms with Crippen molar-refractivity contribution in [2.45, 2.75) is 103 Å². The van der Waals surface area contributed by atoms with E-state index in [0.29, 0.717) is 19.3 Å². The summed E-state index contributed by atoms with van der Waals surface area (Å²) in [5.74, 6) is -0.708. The van der Waals surface area contributed by atoms with Crippen molar-refractivity contribution in [1.29, 1.82) is 0 Å². The summed E-state index contributed by atoms with van der Waals surface area (Å²) >= 11 is 0. The number of carboxylic acid groups (broad SMARTS) is 1. The molecule has 3 N–H and O–H groups in total. The van der Waals surface area contributed by atoms with E-state index in [0.717, 1.165) is 51.4 Å². The van der Waals surface area contributed by atoms with Gasteiger partial charge in [-0.15, -0.1) is 0 Å². The van der Waals surface area contributed by atoms with Crippen molar-refractivity contribution in [2.75, 3.05) is 0 Å². The van der Waals surface area contributed by atoms with E-state index in [1.54, 1.807) is 0 Å². The highest BCUT2D eigenvalue weighted by atomic mass is 16.4. The average Bonchev–Trinajstić information content (AvgIpc) is 2.82. The SMILES string of the molecule is CCCCC[C@@H](O)CCC1C(CCCCCCC(=O)O)C(=O)C[C@H]1O. The molecule has 0 spiro atoms. The van der Waals surface area contributed by atoms with Gasteiger partial charge < -0.3 is 15.3 Å². The first-order valence-electron chi connectivity index (χ1n) is 10.1. The number of ketones is 1. The molecule has 0 amide bonds.